The standard InChI is InChI=1S/C22H22Cl2N4O3/c23-16-9-8-15(11-17(16)24)26-19(29)13-27-18-7-4-10-25-20(18)21(30)28(22(27)31)12-14-5-2-1-3-6-14/h1-3,5-6,8-9,11,18,20,25H,4,7,10,12-13H2,(H,26,29). The van der Waals surface area contributed by atoms with E-state index in [-0.39, 0.29) is 30.9 Å². The number of nitrogens with zero attached hydrogens (tertiary/aromatic N) is 2. The molecule has 2 atom stereocenters. The highest BCUT2D eigenvalue weighted by Crippen LogP contribution is 2.27. The van der Waals surface area contributed by atoms with E-state index in [0.29, 0.717) is 28.7 Å². The normalized spacial score (nSPS) is 21.1. The summed E-state index contributed by atoms with van der Waals surface area (Å²) in [7, 11) is 0. The molecule has 2 saturated heterocycles. The Morgan fingerprint density at radius 1 is 1.10 bits per heavy atom. The Labute approximate surface area is 190 Å². The number of nitrogens with one attached hydrogen (secondary N) is 2. The minimum atomic E-state index is -0.520. The second-order valence-electron chi connectivity index (χ2n) is 7.64. The first-order valence-corrected chi connectivity index (χ1v) is 10.8. The van der Waals surface area contributed by atoms with Crippen molar-refractivity contribution in [2.45, 2.75) is 31.5 Å². The second kappa shape index (κ2) is 9.26. The Morgan fingerprint density at radius 3 is 2.61 bits per heavy atom. The molecule has 9 heteroatoms. The topological polar surface area (TPSA) is 81.8 Å². The molecule has 2 aromatic carbocycles. The Bertz CT molecular complexity index is 1000. The summed E-state index contributed by atoms with van der Waals surface area (Å²) in [5, 5.41) is 6.68. The molecule has 2 unspecified atom stereocenters. The number of halogens is 2. The van der Waals surface area contributed by atoms with Crippen LogP contribution in [0.3, 0.4) is 0 Å². The van der Waals surface area contributed by atoms with Crippen molar-refractivity contribution in [1.82, 2.24) is 15.1 Å². The molecule has 2 aromatic rings. The first kappa shape index (κ1) is 21.6. The summed E-state index contributed by atoms with van der Waals surface area (Å²) < 4.78 is 0. The van der Waals surface area contributed by atoms with Crippen LogP contribution in [0.15, 0.2) is 48.5 Å². The van der Waals surface area contributed by atoms with E-state index in [9.17, 15) is 14.4 Å². The summed E-state index contributed by atoms with van der Waals surface area (Å²) in [6.07, 6.45) is 1.49. The number of hydrogen-bond donors (Lipinski definition) is 2. The van der Waals surface area contributed by atoms with E-state index in [1.165, 1.54) is 9.80 Å². The SMILES string of the molecule is O=C(CN1C(=O)N(Cc2ccccc2)C(=O)C2NCCCC21)Nc1ccc(Cl)c(Cl)c1. The lowest BCUT2D eigenvalue weighted by molar-refractivity contribution is -0.138. The summed E-state index contributed by atoms with van der Waals surface area (Å²) in [5.41, 5.74) is 1.33. The number of benzene rings is 2. The van der Waals surface area contributed by atoms with Crippen molar-refractivity contribution in [3.05, 3.63) is 64.1 Å². The molecule has 7 nitrogen and oxygen atoms in total. The van der Waals surface area contributed by atoms with Crippen molar-refractivity contribution in [3.8, 4) is 0 Å². The average Bonchev–Trinajstić information content (AvgIpc) is 2.77. The molecule has 0 saturated carbocycles. The second-order valence-corrected chi connectivity index (χ2v) is 8.45. The number of piperidine rings is 1. The highest BCUT2D eigenvalue weighted by Gasteiger charge is 2.47. The number of anilines is 1. The van der Waals surface area contributed by atoms with E-state index >= 15 is 0 Å². The maximum atomic E-state index is 13.3. The fourth-order valence-corrected chi connectivity index (χ4v) is 4.34. The van der Waals surface area contributed by atoms with Crippen LogP contribution in [0.25, 0.3) is 0 Å². The number of hydrogen-bond acceptors (Lipinski definition) is 4. The molecular weight excluding hydrogens is 439 g/mol. The first-order valence-electron chi connectivity index (χ1n) is 10.1. The summed E-state index contributed by atoms with van der Waals surface area (Å²) in [4.78, 5) is 41.8. The molecule has 0 aromatic heterocycles. The molecule has 4 rings (SSSR count). The molecule has 2 aliphatic rings. The summed E-state index contributed by atoms with van der Waals surface area (Å²) in [6.45, 7) is 0.693. The lowest BCUT2D eigenvalue weighted by Crippen LogP contribution is -2.70. The van der Waals surface area contributed by atoms with Gasteiger partial charge in [0.15, 0.2) is 0 Å². The zero-order valence-corrected chi connectivity index (χ0v) is 18.2. The average molecular weight is 461 g/mol. The highest BCUT2D eigenvalue weighted by molar-refractivity contribution is 6.42. The van der Waals surface area contributed by atoms with E-state index < -0.39 is 12.1 Å². The van der Waals surface area contributed by atoms with Crippen LogP contribution in [-0.2, 0) is 16.1 Å². The van der Waals surface area contributed by atoms with E-state index in [4.69, 9.17) is 23.2 Å². The van der Waals surface area contributed by atoms with Crippen LogP contribution in [-0.4, -0.2) is 52.8 Å². The quantitative estimate of drug-likeness (QED) is 0.714. The molecule has 2 fully saturated rings. The fraction of sp³-hybridized carbons (Fsp3) is 0.318. The Balaban J connectivity index is 1.53. The number of imide groups is 1. The lowest BCUT2D eigenvalue weighted by Gasteiger charge is -2.46. The van der Waals surface area contributed by atoms with Crippen LogP contribution in [0.5, 0.6) is 0 Å². The largest absolute Gasteiger partial charge is 0.327 e. The van der Waals surface area contributed by atoms with Crippen molar-refractivity contribution in [3.63, 3.8) is 0 Å². The van der Waals surface area contributed by atoms with Crippen LogP contribution in [0, 0.1) is 0 Å². The summed E-state index contributed by atoms with van der Waals surface area (Å²) in [5.74, 6) is -0.621. The Morgan fingerprint density at radius 2 is 1.87 bits per heavy atom. The smallest absolute Gasteiger partial charge is 0.324 e. The van der Waals surface area contributed by atoms with Gasteiger partial charge in [-0.1, -0.05) is 53.5 Å². The third-order valence-electron chi connectivity index (χ3n) is 5.54. The van der Waals surface area contributed by atoms with Gasteiger partial charge < -0.3 is 15.5 Å². The molecule has 162 valence electrons. The molecule has 4 amide bonds. The number of rotatable bonds is 5. The van der Waals surface area contributed by atoms with Crippen LogP contribution in [0.1, 0.15) is 18.4 Å². The maximum absolute atomic E-state index is 13.3. The van der Waals surface area contributed by atoms with Crippen molar-refractivity contribution in [1.29, 1.82) is 0 Å². The van der Waals surface area contributed by atoms with Crippen LogP contribution in [0.2, 0.25) is 10.0 Å². The van der Waals surface area contributed by atoms with Gasteiger partial charge in [-0.25, -0.2) is 4.79 Å². The molecule has 2 aliphatic heterocycles. The Kier molecular flexibility index (Phi) is 6.46. The number of carbonyl (C=O) groups excluding carboxylic acids is 3. The van der Waals surface area contributed by atoms with Gasteiger partial charge in [-0.15, -0.1) is 0 Å². The van der Waals surface area contributed by atoms with Crippen LogP contribution < -0.4 is 10.6 Å². The molecule has 31 heavy (non-hydrogen) atoms. The van der Waals surface area contributed by atoms with E-state index in [2.05, 4.69) is 10.6 Å². The minimum Gasteiger partial charge on any atom is -0.324 e. The van der Waals surface area contributed by atoms with Crippen LogP contribution >= 0.6 is 23.2 Å². The van der Waals surface area contributed by atoms with Gasteiger partial charge in [0.25, 0.3) is 0 Å². The molecule has 2 heterocycles. The van der Waals surface area contributed by atoms with Gasteiger partial charge in [0, 0.05) is 5.69 Å². The molecule has 0 aliphatic carbocycles. The van der Waals surface area contributed by atoms with Crippen LogP contribution in [0.4, 0.5) is 10.5 Å². The van der Waals surface area contributed by atoms with Crippen molar-refractivity contribution in [2.75, 3.05) is 18.4 Å². The van der Waals surface area contributed by atoms with Crippen molar-refractivity contribution in [2.24, 2.45) is 0 Å². The zero-order valence-electron chi connectivity index (χ0n) is 16.7. The summed E-state index contributed by atoms with van der Waals surface area (Å²) >= 11 is 11.9. The number of carbonyl (C=O) groups is 3. The highest BCUT2D eigenvalue weighted by atomic mass is 35.5. The third-order valence-corrected chi connectivity index (χ3v) is 6.27. The van der Waals surface area contributed by atoms with Gasteiger partial charge in [0.2, 0.25) is 11.8 Å². The monoisotopic (exact) mass is 460 g/mol. The van der Waals surface area contributed by atoms with Crippen molar-refractivity contribution >= 4 is 46.7 Å². The first-order chi connectivity index (χ1) is 14.9. The number of amides is 4. The zero-order chi connectivity index (χ0) is 22.0. The number of urea groups is 1. The molecule has 2 N–H and O–H groups in total. The maximum Gasteiger partial charge on any atom is 0.327 e. The van der Waals surface area contributed by atoms with E-state index in [1.54, 1.807) is 18.2 Å². The number of fused-ring (bicyclic) bond motifs is 1. The van der Waals surface area contributed by atoms with Gasteiger partial charge in [0.1, 0.15) is 12.6 Å². The van der Waals surface area contributed by atoms with Crippen molar-refractivity contribution < 1.29 is 14.4 Å². The predicted octanol–water partition coefficient (Wildman–Crippen LogP) is 3.52. The minimum absolute atomic E-state index is 0.161. The van der Waals surface area contributed by atoms with Gasteiger partial charge in [-0.3, -0.25) is 14.5 Å². The predicted molar refractivity (Wildman–Crippen MR) is 119 cm³/mol. The lowest BCUT2D eigenvalue weighted by atomic mass is 9.93. The third kappa shape index (κ3) is 4.69. The van der Waals surface area contributed by atoms with E-state index in [1.807, 2.05) is 30.3 Å². The Hall–Kier alpha value is -2.61. The van der Waals surface area contributed by atoms with Gasteiger partial charge in [0.05, 0.1) is 22.6 Å². The fourth-order valence-electron chi connectivity index (χ4n) is 4.04. The van der Waals surface area contributed by atoms with E-state index in [0.717, 1.165) is 12.0 Å². The molecule has 0 spiro atoms. The molecule has 0 bridgehead atoms. The molecular formula is C22H22Cl2N4O3. The van der Waals surface area contributed by atoms with Gasteiger partial charge >= 0.3 is 6.03 Å². The van der Waals surface area contributed by atoms with Gasteiger partial charge in [-0.2, -0.15) is 0 Å². The molecule has 0 radical (unpaired) electrons. The van der Waals surface area contributed by atoms with Gasteiger partial charge in [-0.05, 0) is 43.1 Å². The summed E-state index contributed by atoms with van der Waals surface area (Å²) in [6, 6.07) is 12.8.